The van der Waals surface area contributed by atoms with Gasteiger partial charge in [0.2, 0.25) is 0 Å². The summed E-state index contributed by atoms with van der Waals surface area (Å²) in [5, 5.41) is 8.97. The van der Waals surface area contributed by atoms with Crippen molar-refractivity contribution in [2.45, 2.75) is 53.4 Å². The van der Waals surface area contributed by atoms with Crippen LogP contribution in [0.5, 0.6) is 0 Å². The van der Waals surface area contributed by atoms with E-state index in [-0.39, 0.29) is 42.2 Å². The van der Waals surface area contributed by atoms with Gasteiger partial charge < -0.3 is 5.11 Å². The number of hydrogen-bond acceptors (Lipinski definition) is 3. The summed E-state index contributed by atoms with van der Waals surface area (Å²) in [7, 11) is 0. The number of Topliss-reactive ketones (excluding diaryl/α,β-unsaturated/α-hetero) is 2. The normalized spacial score (nSPS) is 29.3. The zero-order valence-corrected chi connectivity index (χ0v) is 12.2. The number of hydrogen-bond donors (Lipinski definition) is 1. The smallest absolute Gasteiger partial charge is 0.303 e. The molecule has 0 aromatic carbocycles. The van der Waals surface area contributed by atoms with Crippen molar-refractivity contribution in [2.24, 2.45) is 23.2 Å². The van der Waals surface area contributed by atoms with Crippen LogP contribution in [0.4, 0.5) is 0 Å². The minimum Gasteiger partial charge on any atom is -0.481 e. The van der Waals surface area contributed by atoms with Crippen LogP contribution in [0.25, 0.3) is 0 Å². The molecule has 4 heteroatoms. The summed E-state index contributed by atoms with van der Waals surface area (Å²) in [6.45, 7) is 7.31. The molecular formula is C15H24O4. The molecule has 1 aliphatic carbocycles. The topological polar surface area (TPSA) is 71.4 Å². The number of carboxylic acids is 1. The van der Waals surface area contributed by atoms with E-state index in [1.807, 2.05) is 20.8 Å². The molecule has 0 aromatic rings. The van der Waals surface area contributed by atoms with Gasteiger partial charge in [0.25, 0.3) is 0 Å². The van der Waals surface area contributed by atoms with Crippen LogP contribution in [0.1, 0.15) is 53.4 Å². The van der Waals surface area contributed by atoms with Gasteiger partial charge in [0, 0.05) is 30.1 Å². The van der Waals surface area contributed by atoms with Gasteiger partial charge in [0.15, 0.2) is 0 Å². The molecular weight excluding hydrogens is 244 g/mol. The monoisotopic (exact) mass is 268 g/mol. The molecule has 0 spiro atoms. The standard InChI is InChI=1S/C15H24O4/c1-9(2)14(19)15(11(4)7-13(17)18)6-5-10(3)12(16)8-15/h9-11H,5-8H2,1-4H3,(H,17,18). The molecule has 0 saturated heterocycles. The first-order valence-corrected chi connectivity index (χ1v) is 6.99. The van der Waals surface area contributed by atoms with Crippen molar-refractivity contribution in [1.82, 2.24) is 0 Å². The van der Waals surface area contributed by atoms with Gasteiger partial charge in [0.1, 0.15) is 11.6 Å². The van der Waals surface area contributed by atoms with Crippen LogP contribution >= 0.6 is 0 Å². The zero-order valence-electron chi connectivity index (χ0n) is 12.2. The Morgan fingerprint density at radius 2 is 1.95 bits per heavy atom. The van der Waals surface area contributed by atoms with Gasteiger partial charge in [-0.15, -0.1) is 0 Å². The summed E-state index contributed by atoms with van der Waals surface area (Å²) >= 11 is 0. The van der Waals surface area contributed by atoms with Gasteiger partial charge in [-0.25, -0.2) is 0 Å². The van der Waals surface area contributed by atoms with E-state index in [4.69, 9.17) is 5.11 Å². The Morgan fingerprint density at radius 3 is 2.37 bits per heavy atom. The predicted octanol–water partition coefficient (Wildman–Crippen LogP) is 2.70. The lowest BCUT2D eigenvalue weighted by Crippen LogP contribution is -2.46. The molecule has 1 rings (SSSR count). The Kier molecular flexibility index (Phi) is 4.88. The Balaban J connectivity index is 3.07. The van der Waals surface area contributed by atoms with Gasteiger partial charge in [-0.05, 0) is 18.8 Å². The number of carboxylic acid groups (broad SMARTS) is 1. The van der Waals surface area contributed by atoms with E-state index < -0.39 is 11.4 Å². The molecule has 0 amide bonds. The molecule has 0 aliphatic heterocycles. The summed E-state index contributed by atoms with van der Waals surface area (Å²) in [4.78, 5) is 35.5. The van der Waals surface area contributed by atoms with Crippen molar-refractivity contribution in [3.63, 3.8) is 0 Å². The lowest BCUT2D eigenvalue weighted by molar-refractivity contribution is -0.149. The number of rotatable bonds is 5. The molecule has 108 valence electrons. The van der Waals surface area contributed by atoms with Crippen LogP contribution in [0.15, 0.2) is 0 Å². The van der Waals surface area contributed by atoms with E-state index in [9.17, 15) is 14.4 Å². The molecule has 3 atom stereocenters. The van der Waals surface area contributed by atoms with Crippen molar-refractivity contribution in [3.8, 4) is 0 Å². The average molecular weight is 268 g/mol. The maximum absolute atomic E-state index is 12.5. The third-order valence-corrected chi connectivity index (χ3v) is 4.50. The number of ketones is 2. The molecule has 1 fully saturated rings. The largest absolute Gasteiger partial charge is 0.481 e. The molecule has 1 N–H and O–H groups in total. The molecule has 0 radical (unpaired) electrons. The molecule has 0 aromatic heterocycles. The van der Waals surface area contributed by atoms with Gasteiger partial charge in [-0.1, -0.05) is 27.7 Å². The summed E-state index contributed by atoms with van der Waals surface area (Å²) < 4.78 is 0. The highest BCUT2D eigenvalue weighted by molar-refractivity contribution is 5.94. The number of aliphatic carboxylic acids is 1. The van der Waals surface area contributed by atoms with E-state index in [1.54, 1.807) is 6.92 Å². The molecule has 0 heterocycles. The van der Waals surface area contributed by atoms with E-state index >= 15 is 0 Å². The van der Waals surface area contributed by atoms with Crippen LogP contribution in [-0.4, -0.2) is 22.6 Å². The van der Waals surface area contributed by atoms with Crippen molar-refractivity contribution >= 4 is 17.5 Å². The maximum atomic E-state index is 12.5. The Labute approximate surface area is 114 Å². The van der Waals surface area contributed by atoms with Gasteiger partial charge in [0.05, 0.1) is 0 Å². The van der Waals surface area contributed by atoms with Gasteiger partial charge >= 0.3 is 5.97 Å². The van der Waals surface area contributed by atoms with E-state index in [0.717, 1.165) is 0 Å². The molecule has 3 unspecified atom stereocenters. The van der Waals surface area contributed by atoms with Crippen molar-refractivity contribution in [2.75, 3.05) is 0 Å². The highest BCUT2D eigenvalue weighted by Crippen LogP contribution is 2.46. The fourth-order valence-corrected chi connectivity index (χ4v) is 3.11. The third-order valence-electron chi connectivity index (χ3n) is 4.50. The molecule has 4 nitrogen and oxygen atoms in total. The van der Waals surface area contributed by atoms with Crippen molar-refractivity contribution in [3.05, 3.63) is 0 Å². The Bertz CT molecular complexity index is 386. The first-order valence-electron chi connectivity index (χ1n) is 6.99. The second-order valence-electron chi connectivity index (χ2n) is 6.26. The summed E-state index contributed by atoms with van der Waals surface area (Å²) in [5.74, 6) is -1.24. The zero-order chi connectivity index (χ0) is 14.8. The quantitative estimate of drug-likeness (QED) is 0.832. The fourth-order valence-electron chi connectivity index (χ4n) is 3.11. The van der Waals surface area contributed by atoms with Crippen LogP contribution in [0.2, 0.25) is 0 Å². The lowest BCUT2D eigenvalue weighted by Gasteiger charge is -2.42. The third kappa shape index (κ3) is 3.23. The maximum Gasteiger partial charge on any atom is 0.303 e. The van der Waals surface area contributed by atoms with Crippen LogP contribution in [-0.2, 0) is 14.4 Å². The minimum atomic E-state index is -0.908. The second-order valence-corrected chi connectivity index (χ2v) is 6.26. The predicted molar refractivity (Wildman–Crippen MR) is 71.7 cm³/mol. The number of carbonyl (C=O) groups excluding carboxylic acids is 2. The van der Waals surface area contributed by atoms with Crippen LogP contribution < -0.4 is 0 Å². The van der Waals surface area contributed by atoms with Crippen LogP contribution in [0.3, 0.4) is 0 Å². The fraction of sp³-hybridized carbons (Fsp3) is 0.800. The minimum absolute atomic E-state index is 0.00915. The molecule has 19 heavy (non-hydrogen) atoms. The summed E-state index contributed by atoms with van der Waals surface area (Å²) in [5.41, 5.74) is -0.768. The SMILES string of the molecule is CC(C)C(=O)C1(C(C)CC(=O)O)CCC(C)C(=O)C1. The Hall–Kier alpha value is -1.19. The highest BCUT2D eigenvalue weighted by Gasteiger charge is 2.48. The first-order chi connectivity index (χ1) is 8.70. The summed E-state index contributed by atoms with van der Waals surface area (Å²) in [6.07, 6.45) is 1.46. The molecule has 0 bridgehead atoms. The molecule has 1 aliphatic rings. The van der Waals surface area contributed by atoms with Crippen LogP contribution in [0, 0.1) is 23.2 Å². The Morgan fingerprint density at radius 1 is 1.37 bits per heavy atom. The average Bonchev–Trinajstić information content (AvgIpc) is 2.30. The first kappa shape index (κ1) is 15.9. The lowest BCUT2D eigenvalue weighted by atomic mass is 9.59. The summed E-state index contributed by atoms with van der Waals surface area (Å²) in [6, 6.07) is 0. The van der Waals surface area contributed by atoms with Gasteiger partial charge in [-0.3, -0.25) is 14.4 Å². The number of carbonyl (C=O) groups is 3. The van der Waals surface area contributed by atoms with E-state index in [2.05, 4.69) is 0 Å². The van der Waals surface area contributed by atoms with E-state index in [1.165, 1.54) is 0 Å². The highest BCUT2D eigenvalue weighted by atomic mass is 16.4. The van der Waals surface area contributed by atoms with Crippen molar-refractivity contribution < 1.29 is 19.5 Å². The second kappa shape index (κ2) is 5.85. The van der Waals surface area contributed by atoms with Crippen molar-refractivity contribution in [1.29, 1.82) is 0 Å². The molecule has 1 saturated carbocycles. The van der Waals surface area contributed by atoms with E-state index in [0.29, 0.717) is 12.8 Å². The van der Waals surface area contributed by atoms with Gasteiger partial charge in [-0.2, -0.15) is 0 Å².